The monoisotopic (exact) mass is 258 g/mol. The Morgan fingerprint density at radius 2 is 2.29 bits per heavy atom. The van der Waals surface area contributed by atoms with Gasteiger partial charge in [0.05, 0.1) is 5.56 Å². The minimum Gasteiger partial charge on any atom is -0.478 e. The third-order valence-electron chi connectivity index (χ3n) is 2.20. The number of carbonyl (C=O) groups excluding carboxylic acids is 1. The fraction of sp³-hybridized carbons (Fsp3) is 0.300. The van der Waals surface area contributed by atoms with Crippen molar-refractivity contribution in [3.05, 3.63) is 28.0 Å². The number of fused-ring (bicyclic) bond motifs is 1. The Morgan fingerprint density at radius 3 is 2.93 bits per heavy atom. The van der Waals surface area contributed by atoms with Gasteiger partial charge in [-0.3, -0.25) is 4.79 Å². The van der Waals surface area contributed by atoms with Gasteiger partial charge in [0.15, 0.2) is 17.7 Å². The largest absolute Gasteiger partial charge is 0.478 e. The summed E-state index contributed by atoms with van der Waals surface area (Å²) in [5.74, 6) is -0.536. The van der Waals surface area contributed by atoms with E-state index in [2.05, 4.69) is 15.9 Å². The first-order valence-corrected chi connectivity index (χ1v) is 5.12. The van der Waals surface area contributed by atoms with Crippen LogP contribution in [-0.2, 0) is 0 Å². The van der Waals surface area contributed by atoms with Crippen LogP contribution in [0.1, 0.15) is 23.7 Å². The van der Waals surface area contributed by atoms with Crippen molar-refractivity contribution in [3.8, 4) is 5.75 Å². The maximum atomic E-state index is 13.3. The van der Waals surface area contributed by atoms with E-state index in [-0.39, 0.29) is 11.5 Å². The van der Waals surface area contributed by atoms with Crippen molar-refractivity contribution in [2.24, 2.45) is 0 Å². The third-order valence-corrected chi connectivity index (χ3v) is 2.66. The lowest BCUT2D eigenvalue weighted by Crippen LogP contribution is -2.18. The lowest BCUT2D eigenvalue weighted by atomic mass is 10.1. The molecule has 1 heterocycles. The number of hydrogen-bond acceptors (Lipinski definition) is 2. The first kappa shape index (κ1) is 9.65. The Kier molecular flexibility index (Phi) is 2.31. The van der Waals surface area contributed by atoms with E-state index in [1.807, 2.05) is 6.92 Å². The van der Waals surface area contributed by atoms with Gasteiger partial charge in [0.25, 0.3) is 0 Å². The number of hydrogen-bond donors (Lipinski definition) is 0. The molecule has 74 valence electrons. The summed E-state index contributed by atoms with van der Waals surface area (Å²) in [5, 5.41) is 0. The van der Waals surface area contributed by atoms with Crippen LogP contribution in [0.4, 0.5) is 4.39 Å². The van der Waals surface area contributed by atoms with E-state index in [0.717, 1.165) is 0 Å². The molecule has 1 aromatic rings. The molecule has 14 heavy (non-hydrogen) atoms. The van der Waals surface area contributed by atoms with Gasteiger partial charge in [-0.2, -0.15) is 0 Å². The van der Waals surface area contributed by atoms with Crippen LogP contribution in [0.3, 0.4) is 0 Å². The zero-order valence-corrected chi connectivity index (χ0v) is 9.10. The van der Waals surface area contributed by atoms with Gasteiger partial charge in [0.1, 0.15) is 0 Å². The van der Waals surface area contributed by atoms with Crippen molar-refractivity contribution in [2.45, 2.75) is 19.4 Å². The van der Waals surface area contributed by atoms with Crippen LogP contribution in [-0.4, -0.2) is 11.9 Å². The number of ether oxygens (including phenoxy) is 1. The SMILES string of the molecule is CCC1Oc2c(F)cc(Br)cc2C1=O. The van der Waals surface area contributed by atoms with E-state index in [4.69, 9.17) is 4.74 Å². The highest BCUT2D eigenvalue weighted by Gasteiger charge is 2.33. The standard InChI is InChI=1S/C10H8BrFO2/c1-2-8-9(13)6-3-5(11)4-7(12)10(6)14-8/h3-4,8H,2H2,1H3. The molecule has 0 saturated heterocycles. The molecular formula is C10H8BrFO2. The zero-order valence-electron chi connectivity index (χ0n) is 7.51. The summed E-state index contributed by atoms with van der Waals surface area (Å²) in [6.07, 6.45) is 0.0405. The molecule has 4 heteroatoms. The second-order valence-corrected chi connectivity index (χ2v) is 4.06. The quantitative estimate of drug-likeness (QED) is 0.775. The molecule has 0 fully saturated rings. The van der Waals surface area contributed by atoms with E-state index in [9.17, 15) is 9.18 Å². The molecule has 0 saturated carbocycles. The molecular weight excluding hydrogens is 251 g/mol. The predicted molar refractivity (Wildman–Crippen MR) is 53.1 cm³/mol. The van der Waals surface area contributed by atoms with Crippen LogP contribution in [0, 0.1) is 5.82 Å². The number of benzene rings is 1. The van der Waals surface area contributed by atoms with Crippen LogP contribution in [0.25, 0.3) is 0 Å². The minimum atomic E-state index is -0.520. The predicted octanol–water partition coefficient (Wildman–Crippen LogP) is 2.94. The van der Waals surface area contributed by atoms with Gasteiger partial charge in [-0.05, 0) is 18.6 Å². The van der Waals surface area contributed by atoms with Gasteiger partial charge in [0, 0.05) is 4.47 Å². The smallest absolute Gasteiger partial charge is 0.207 e. The minimum absolute atomic E-state index is 0.0880. The zero-order chi connectivity index (χ0) is 10.3. The molecule has 2 rings (SSSR count). The van der Waals surface area contributed by atoms with Crippen molar-refractivity contribution in [1.82, 2.24) is 0 Å². The maximum absolute atomic E-state index is 13.3. The molecule has 0 spiro atoms. The average Bonchev–Trinajstić information content (AvgIpc) is 2.44. The van der Waals surface area contributed by atoms with Gasteiger partial charge in [0.2, 0.25) is 5.78 Å². The number of carbonyl (C=O) groups is 1. The lowest BCUT2D eigenvalue weighted by molar-refractivity contribution is 0.0850. The molecule has 1 aliphatic rings. The number of ketones is 1. The number of halogens is 2. The summed E-state index contributed by atoms with van der Waals surface area (Å²) < 4.78 is 19.1. The van der Waals surface area contributed by atoms with Gasteiger partial charge in [-0.25, -0.2) is 4.39 Å². The fourth-order valence-electron chi connectivity index (χ4n) is 1.50. The second kappa shape index (κ2) is 3.35. The highest BCUT2D eigenvalue weighted by atomic mass is 79.9. The van der Waals surface area contributed by atoms with E-state index >= 15 is 0 Å². The topological polar surface area (TPSA) is 26.3 Å². The molecule has 1 aromatic carbocycles. The van der Waals surface area contributed by atoms with E-state index < -0.39 is 11.9 Å². The second-order valence-electron chi connectivity index (χ2n) is 3.14. The molecule has 0 bridgehead atoms. The van der Waals surface area contributed by atoms with Gasteiger partial charge in [-0.1, -0.05) is 22.9 Å². The summed E-state index contributed by atoms with van der Waals surface area (Å²) in [6.45, 7) is 1.83. The molecule has 0 radical (unpaired) electrons. The first-order valence-electron chi connectivity index (χ1n) is 4.33. The molecule has 2 nitrogen and oxygen atoms in total. The Balaban J connectivity index is 2.53. The Bertz CT molecular complexity index is 403. The normalized spacial score (nSPS) is 19.4. The van der Waals surface area contributed by atoms with Gasteiger partial charge >= 0.3 is 0 Å². The van der Waals surface area contributed by atoms with Crippen molar-refractivity contribution in [3.63, 3.8) is 0 Å². The molecule has 0 amide bonds. The van der Waals surface area contributed by atoms with Crippen LogP contribution in [0.5, 0.6) is 5.75 Å². The number of Topliss-reactive ketones (excluding diaryl/α,β-unsaturated/α-hetero) is 1. The summed E-state index contributed by atoms with van der Waals surface area (Å²) in [7, 11) is 0. The molecule has 1 unspecified atom stereocenters. The highest BCUT2D eigenvalue weighted by Crippen LogP contribution is 2.34. The Morgan fingerprint density at radius 1 is 1.57 bits per heavy atom. The van der Waals surface area contributed by atoms with Crippen molar-refractivity contribution >= 4 is 21.7 Å². The summed E-state index contributed by atoms with van der Waals surface area (Å²) in [4.78, 5) is 11.6. The molecule has 0 aliphatic carbocycles. The molecule has 0 N–H and O–H groups in total. The average molecular weight is 259 g/mol. The van der Waals surface area contributed by atoms with E-state index in [1.165, 1.54) is 6.07 Å². The van der Waals surface area contributed by atoms with Gasteiger partial charge < -0.3 is 4.74 Å². The van der Waals surface area contributed by atoms with Crippen molar-refractivity contribution < 1.29 is 13.9 Å². The Hall–Kier alpha value is -0.900. The molecule has 0 aromatic heterocycles. The Labute approximate surface area is 89.2 Å². The fourth-order valence-corrected chi connectivity index (χ4v) is 1.93. The summed E-state index contributed by atoms with van der Waals surface area (Å²) >= 11 is 3.14. The first-order chi connectivity index (χ1) is 6.63. The van der Waals surface area contributed by atoms with E-state index in [0.29, 0.717) is 16.5 Å². The molecule has 1 aliphatic heterocycles. The van der Waals surface area contributed by atoms with Crippen LogP contribution in [0.15, 0.2) is 16.6 Å². The van der Waals surface area contributed by atoms with Gasteiger partial charge in [-0.15, -0.1) is 0 Å². The van der Waals surface area contributed by atoms with Crippen LogP contribution in [0.2, 0.25) is 0 Å². The van der Waals surface area contributed by atoms with Crippen molar-refractivity contribution in [1.29, 1.82) is 0 Å². The summed E-state index contributed by atoms with van der Waals surface area (Å²) in [5.41, 5.74) is 0.337. The number of rotatable bonds is 1. The van der Waals surface area contributed by atoms with Crippen LogP contribution >= 0.6 is 15.9 Å². The lowest BCUT2D eigenvalue weighted by Gasteiger charge is -2.04. The maximum Gasteiger partial charge on any atom is 0.207 e. The van der Waals surface area contributed by atoms with Crippen LogP contribution < -0.4 is 4.74 Å². The third kappa shape index (κ3) is 1.34. The summed E-state index contributed by atoms with van der Waals surface area (Å²) in [6, 6.07) is 2.89. The highest BCUT2D eigenvalue weighted by molar-refractivity contribution is 9.10. The molecule has 1 atom stereocenters. The van der Waals surface area contributed by atoms with E-state index in [1.54, 1.807) is 6.07 Å². The van der Waals surface area contributed by atoms with Crippen molar-refractivity contribution in [2.75, 3.05) is 0 Å².